The molecule has 114 valence electrons. The van der Waals surface area contributed by atoms with Crippen LogP contribution < -0.4 is 5.32 Å². The number of rotatable bonds is 4. The minimum atomic E-state index is -0.185. The average molecular weight is 297 g/mol. The fourth-order valence-corrected chi connectivity index (χ4v) is 2.63. The van der Waals surface area contributed by atoms with E-state index < -0.39 is 0 Å². The maximum Gasteiger partial charge on any atom is 0.204 e. The molecular weight excluding hydrogens is 277 g/mol. The van der Waals surface area contributed by atoms with E-state index in [1.54, 1.807) is 6.07 Å². The molecule has 0 unspecified atom stereocenters. The fraction of sp³-hybridized carbons (Fsp3) is 0.278. The molecular formula is C18H20FN3. The van der Waals surface area contributed by atoms with Crippen LogP contribution in [-0.2, 0) is 6.54 Å². The second-order valence-corrected chi connectivity index (χ2v) is 5.57. The van der Waals surface area contributed by atoms with Crippen LogP contribution in [0.2, 0.25) is 0 Å². The topological polar surface area (TPSA) is 29.9 Å². The maximum absolute atomic E-state index is 14.0. The first-order valence-electron chi connectivity index (χ1n) is 7.55. The summed E-state index contributed by atoms with van der Waals surface area (Å²) < 4.78 is 16.0. The number of aryl methyl sites for hydroxylation is 2. The second kappa shape index (κ2) is 5.79. The van der Waals surface area contributed by atoms with Gasteiger partial charge in [-0.3, -0.25) is 0 Å². The van der Waals surface area contributed by atoms with Gasteiger partial charge in [0.15, 0.2) is 0 Å². The molecule has 0 atom stereocenters. The lowest BCUT2D eigenvalue weighted by atomic mass is 10.1. The van der Waals surface area contributed by atoms with Gasteiger partial charge >= 0.3 is 0 Å². The standard InChI is InChI=1S/C18H20FN3/c1-4-20-18-21-16-9-12(2)13(3)10-17(16)22(18)11-14-7-5-6-8-15(14)19/h5-10H,4,11H2,1-3H3,(H,20,21). The van der Waals surface area contributed by atoms with Crippen LogP contribution in [0.3, 0.4) is 0 Å². The number of nitrogens with one attached hydrogen (secondary N) is 1. The molecule has 3 nitrogen and oxygen atoms in total. The fourth-order valence-electron chi connectivity index (χ4n) is 2.63. The van der Waals surface area contributed by atoms with Gasteiger partial charge in [0.25, 0.3) is 0 Å². The normalized spacial score (nSPS) is 11.1. The highest BCUT2D eigenvalue weighted by Gasteiger charge is 2.13. The lowest BCUT2D eigenvalue weighted by Crippen LogP contribution is -2.09. The summed E-state index contributed by atoms with van der Waals surface area (Å²) in [6.45, 7) is 7.44. The van der Waals surface area contributed by atoms with E-state index in [1.807, 2.05) is 23.6 Å². The number of aromatic nitrogens is 2. The molecule has 3 aromatic rings. The summed E-state index contributed by atoms with van der Waals surface area (Å²) in [5.74, 6) is 0.599. The Hall–Kier alpha value is -2.36. The molecule has 0 saturated heterocycles. The molecule has 1 aromatic heterocycles. The van der Waals surface area contributed by atoms with E-state index in [-0.39, 0.29) is 5.82 Å². The van der Waals surface area contributed by atoms with Gasteiger partial charge in [0.05, 0.1) is 17.6 Å². The Labute approximate surface area is 129 Å². The smallest absolute Gasteiger partial charge is 0.204 e. The lowest BCUT2D eigenvalue weighted by Gasteiger charge is -2.11. The van der Waals surface area contributed by atoms with Crippen molar-refractivity contribution in [2.45, 2.75) is 27.3 Å². The Morgan fingerprint density at radius 3 is 2.59 bits per heavy atom. The summed E-state index contributed by atoms with van der Waals surface area (Å²) in [5.41, 5.74) is 5.06. The molecule has 22 heavy (non-hydrogen) atoms. The highest BCUT2D eigenvalue weighted by molar-refractivity contribution is 5.80. The van der Waals surface area contributed by atoms with Crippen molar-refractivity contribution in [3.05, 3.63) is 58.9 Å². The molecule has 0 aliphatic rings. The third-order valence-corrected chi connectivity index (χ3v) is 3.98. The molecule has 0 spiro atoms. The van der Waals surface area contributed by atoms with Crippen LogP contribution >= 0.6 is 0 Å². The number of halogens is 1. The SMILES string of the molecule is CCNc1nc2cc(C)c(C)cc2n1Cc1ccccc1F. The van der Waals surface area contributed by atoms with Gasteiger partial charge in [-0.25, -0.2) is 9.37 Å². The van der Waals surface area contributed by atoms with Gasteiger partial charge in [-0.05, 0) is 50.1 Å². The molecule has 0 radical (unpaired) electrons. The molecule has 1 heterocycles. The van der Waals surface area contributed by atoms with Crippen LogP contribution in [0.4, 0.5) is 10.3 Å². The monoisotopic (exact) mass is 297 g/mol. The minimum absolute atomic E-state index is 0.185. The highest BCUT2D eigenvalue weighted by atomic mass is 19.1. The maximum atomic E-state index is 14.0. The Morgan fingerprint density at radius 2 is 1.86 bits per heavy atom. The zero-order chi connectivity index (χ0) is 15.7. The van der Waals surface area contributed by atoms with Crippen molar-refractivity contribution in [2.75, 3.05) is 11.9 Å². The first-order valence-corrected chi connectivity index (χ1v) is 7.55. The summed E-state index contributed by atoms with van der Waals surface area (Å²) >= 11 is 0. The summed E-state index contributed by atoms with van der Waals surface area (Å²) in [6, 6.07) is 11.1. The van der Waals surface area contributed by atoms with E-state index >= 15 is 0 Å². The molecule has 0 saturated carbocycles. The van der Waals surface area contributed by atoms with E-state index in [2.05, 4.69) is 36.3 Å². The lowest BCUT2D eigenvalue weighted by molar-refractivity contribution is 0.602. The van der Waals surface area contributed by atoms with E-state index in [0.717, 1.165) is 23.5 Å². The van der Waals surface area contributed by atoms with Crippen molar-refractivity contribution in [1.29, 1.82) is 0 Å². The van der Waals surface area contributed by atoms with Crippen LogP contribution in [-0.4, -0.2) is 16.1 Å². The number of hydrogen-bond donors (Lipinski definition) is 1. The van der Waals surface area contributed by atoms with Crippen molar-refractivity contribution in [3.63, 3.8) is 0 Å². The zero-order valence-electron chi connectivity index (χ0n) is 13.2. The van der Waals surface area contributed by atoms with Gasteiger partial charge in [0.2, 0.25) is 5.95 Å². The van der Waals surface area contributed by atoms with Crippen molar-refractivity contribution in [2.24, 2.45) is 0 Å². The van der Waals surface area contributed by atoms with Gasteiger partial charge in [-0.1, -0.05) is 18.2 Å². The van der Waals surface area contributed by atoms with Gasteiger partial charge in [0.1, 0.15) is 5.82 Å². The van der Waals surface area contributed by atoms with Crippen LogP contribution in [0.25, 0.3) is 11.0 Å². The molecule has 1 N–H and O–H groups in total. The third-order valence-electron chi connectivity index (χ3n) is 3.98. The molecule has 0 bridgehead atoms. The first-order chi connectivity index (χ1) is 10.6. The molecule has 4 heteroatoms. The van der Waals surface area contributed by atoms with Crippen LogP contribution in [0, 0.1) is 19.7 Å². The van der Waals surface area contributed by atoms with Crippen LogP contribution in [0.5, 0.6) is 0 Å². The highest BCUT2D eigenvalue weighted by Crippen LogP contribution is 2.25. The van der Waals surface area contributed by atoms with Gasteiger partial charge < -0.3 is 9.88 Å². The molecule has 0 fully saturated rings. The molecule has 0 aliphatic heterocycles. The number of fused-ring (bicyclic) bond motifs is 1. The van der Waals surface area contributed by atoms with E-state index in [9.17, 15) is 4.39 Å². The van der Waals surface area contributed by atoms with Crippen molar-refractivity contribution >= 4 is 17.0 Å². The Bertz CT molecular complexity index is 821. The van der Waals surface area contributed by atoms with Crippen molar-refractivity contribution in [1.82, 2.24) is 9.55 Å². The molecule has 2 aromatic carbocycles. The largest absolute Gasteiger partial charge is 0.356 e. The predicted molar refractivity (Wildman–Crippen MR) is 88.9 cm³/mol. The number of benzene rings is 2. The summed E-state index contributed by atoms with van der Waals surface area (Å²) in [5, 5.41) is 3.27. The quantitative estimate of drug-likeness (QED) is 0.779. The summed E-state index contributed by atoms with van der Waals surface area (Å²) in [6.07, 6.45) is 0. The molecule has 0 amide bonds. The van der Waals surface area contributed by atoms with E-state index in [4.69, 9.17) is 0 Å². The summed E-state index contributed by atoms with van der Waals surface area (Å²) in [7, 11) is 0. The van der Waals surface area contributed by atoms with E-state index in [0.29, 0.717) is 12.1 Å². The Morgan fingerprint density at radius 1 is 1.14 bits per heavy atom. The predicted octanol–water partition coefficient (Wildman–Crippen LogP) is 4.27. The van der Waals surface area contributed by atoms with Crippen molar-refractivity contribution in [3.8, 4) is 0 Å². The Balaban J connectivity index is 2.15. The zero-order valence-corrected chi connectivity index (χ0v) is 13.2. The third kappa shape index (κ3) is 2.56. The number of hydrogen-bond acceptors (Lipinski definition) is 2. The van der Waals surface area contributed by atoms with Crippen molar-refractivity contribution < 1.29 is 4.39 Å². The summed E-state index contributed by atoms with van der Waals surface area (Å²) in [4.78, 5) is 4.66. The Kier molecular flexibility index (Phi) is 3.84. The second-order valence-electron chi connectivity index (χ2n) is 5.57. The number of imidazole rings is 1. The minimum Gasteiger partial charge on any atom is -0.356 e. The van der Waals surface area contributed by atoms with E-state index in [1.165, 1.54) is 17.2 Å². The van der Waals surface area contributed by atoms with Crippen LogP contribution in [0.1, 0.15) is 23.6 Å². The van der Waals surface area contributed by atoms with Gasteiger partial charge in [0, 0.05) is 12.1 Å². The molecule has 0 aliphatic carbocycles. The number of nitrogens with zero attached hydrogens (tertiary/aromatic N) is 2. The average Bonchev–Trinajstić information content (AvgIpc) is 2.80. The number of anilines is 1. The first kappa shape index (κ1) is 14.6. The van der Waals surface area contributed by atoms with Crippen LogP contribution in [0.15, 0.2) is 36.4 Å². The molecule has 3 rings (SSSR count). The van der Waals surface area contributed by atoms with Gasteiger partial charge in [-0.2, -0.15) is 0 Å². The van der Waals surface area contributed by atoms with Gasteiger partial charge in [-0.15, -0.1) is 0 Å².